The average molecular weight is 519 g/mol. The van der Waals surface area contributed by atoms with Crippen LogP contribution in [-0.2, 0) is 16.1 Å². The van der Waals surface area contributed by atoms with Gasteiger partial charge in [-0.05, 0) is 53.8 Å². The molecule has 10 heteroatoms. The Kier molecular flexibility index (Phi) is 9.37. The molecule has 2 aromatic carbocycles. The zero-order valence-corrected chi connectivity index (χ0v) is 21.5. The molecule has 2 atom stereocenters. The van der Waals surface area contributed by atoms with Crippen LogP contribution in [-0.4, -0.2) is 53.8 Å². The first-order chi connectivity index (χ1) is 18.6. The summed E-state index contributed by atoms with van der Waals surface area (Å²) >= 11 is 0. The number of nitrogens with zero attached hydrogens (tertiary/aromatic N) is 5. The fourth-order valence-corrected chi connectivity index (χ4v) is 4.80. The van der Waals surface area contributed by atoms with E-state index in [0.717, 1.165) is 43.5 Å². The van der Waals surface area contributed by atoms with Crippen molar-refractivity contribution in [2.45, 2.75) is 50.3 Å². The summed E-state index contributed by atoms with van der Waals surface area (Å²) in [5.74, 6) is 0.741. The van der Waals surface area contributed by atoms with Crippen molar-refractivity contribution in [2.75, 3.05) is 26.3 Å². The number of benzene rings is 2. The van der Waals surface area contributed by atoms with Crippen molar-refractivity contribution in [3.05, 3.63) is 88.3 Å². The van der Waals surface area contributed by atoms with Gasteiger partial charge in [-0.2, -0.15) is 0 Å². The molecule has 0 aromatic heterocycles. The molecular formula is C28H34N6O4. The molecule has 10 nitrogen and oxygen atoms in total. The molecule has 200 valence electrons. The van der Waals surface area contributed by atoms with Crippen molar-refractivity contribution < 1.29 is 19.4 Å². The molecule has 0 bridgehead atoms. The molecule has 1 amide bonds. The van der Waals surface area contributed by atoms with Gasteiger partial charge < -0.3 is 14.6 Å². The van der Waals surface area contributed by atoms with Crippen LogP contribution in [0.5, 0.6) is 5.75 Å². The number of aliphatic imine (C=N–C) groups is 1. The van der Waals surface area contributed by atoms with E-state index in [9.17, 15) is 4.79 Å². The van der Waals surface area contributed by atoms with Gasteiger partial charge in [0.05, 0.1) is 13.2 Å². The lowest BCUT2D eigenvalue weighted by Crippen LogP contribution is -2.55. The Morgan fingerprint density at radius 3 is 2.74 bits per heavy atom. The summed E-state index contributed by atoms with van der Waals surface area (Å²) < 4.78 is 12.1. The fraction of sp³-hybridized carbons (Fsp3) is 0.429. The molecule has 1 saturated heterocycles. The summed E-state index contributed by atoms with van der Waals surface area (Å²) in [6.45, 7) is 6.09. The van der Waals surface area contributed by atoms with E-state index in [-0.39, 0.29) is 25.5 Å². The highest BCUT2D eigenvalue weighted by Crippen LogP contribution is 2.44. The predicted molar refractivity (Wildman–Crippen MR) is 144 cm³/mol. The predicted octanol–water partition coefficient (Wildman–Crippen LogP) is 4.61. The molecule has 0 radical (unpaired) electrons. The maximum Gasteiger partial charge on any atom is 0.266 e. The van der Waals surface area contributed by atoms with Crippen molar-refractivity contribution in [2.24, 2.45) is 10.1 Å². The Balaban J connectivity index is 1.72. The third-order valence-corrected chi connectivity index (χ3v) is 6.74. The number of ether oxygens (including phenoxy) is 2. The van der Waals surface area contributed by atoms with Crippen LogP contribution < -0.4 is 10.2 Å². The number of carbonyl (C=O) groups excluding carboxylic acids is 1. The van der Waals surface area contributed by atoms with Crippen molar-refractivity contribution in [1.82, 2.24) is 10.4 Å². The van der Waals surface area contributed by atoms with Crippen LogP contribution in [0.2, 0.25) is 0 Å². The second-order valence-electron chi connectivity index (χ2n) is 9.36. The minimum Gasteiger partial charge on any atom is -0.494 e. The number of rotatable bonds is 12. The molecule has 0 aliphatic carbocycles. The Labute approximate surface area is 222 Å². The van der Waals surface area contributed by atoms with Gasteiger partial charge in [0.1, 0.15) is 5.75 Å². The number of carbonyl (C=O) groups is 1. The number of nitrogens with one attached hydrogen (secondary N) is 1. The average Bonchev–Trinajstić information content (AvgIpc) is 3.34. The summed E-state index contributed by atoms with van der Waals surface area (Å²) in [7, 11) is 0. The first-order valence-corrected chi connectivity index (χ1v) is 13.0. The summed E-state index contributed by atoms with van der Waals surface area (Å²) in [4.78, 5) is 21.8. The highest BCUT2D eigenvalue weighted by atomic mass is 16.5. The first-order valence-electron chi connectivity index (χ1n) is 13.0. The highest BCUT2D eigenvalue weighted by Gasteiger charge is 2.53. The van der Waals surface area contributed by atoms with E-state index in [2.05, 4.69) is 22.0 Å². The first kappa shape index (κ1) is 27.2. The van der Waals surface area contributed by atoms with Crippen LogP contribution in [0.25, 0.3) is 10.4 Å². The maximum absolute atomic E-state index is 14.0. The Bertz CT molecular complexity index is 1190. The smallest absolute Gasteiger partial charge is 0.266 e. The number of hydrazine groups is 1. The molecule has 0 saturated carbocycles. The SMILES string of the molecule is C=CC[C@]1(C(=O)NN2CCCCC2)N=C(c2ccc(OCCCO)cc2)O[C@H]1c1ccccc1CN=[N+]=[N-]. The van der Waals surface area contributed by atoms with Crippen molar-refractivity contribution >= 4 is 11.8 Å². The number of hydrogen-bond donors (Lipinski definition) is 2. The van der Waals surface area contributed by atoms with E-state index < -0.39 is 11.6 Å². The van der Waals surface area contributed by atoms with Gasteiger partial charge in [-0.25, -0.2) is 10.0 Å². The Morgan fingerprint density at radius 1 is 1.26 bits per heavy atom. The third-order valence-electron chi connectivity index (χ3n) is 6.74. The third kappa shape index (κ3) is 6.16. The monoisotopic (exact) mass is 518 g/mol. The standard InChI is InChI=1S/C28H34N6O4/c1-2-15-28(27(36)32-34-16-6-3-7-17-34)25(24-10-5-4-9-22(24)20-30-33-29)38-26(31-28)21-11-13-23(14-12-21)37-19-8-18-35/h2,4-5,9-14,25,35H,1,3,6-8,15-20H2,(H,32,36)/t25-,28-/m0/s1. The van der Waals surface area contributed by atoms with E-state index in [1.807, 2.05) is 53.5 Å². The van der Waals surface area contributed by atoms with Gasteiger partial charge in [0.25, 0.3) is 5.91 Å². The second-order valence-corrected chi connectivity index (χ2v) is 9.36. The zero-order chi connectivity index (χ0) is 26.8. The number of azide groups is 1. The molecule has 2 N–H and O–H groups in total. The molecule has 2 aliphatic heterocycles. The normalized spacial score (nSPS) is 21.1. The number of hydrogen-bond acceptors (Lipinski definition) is 7. The minimum absolute atomic E-state index is 0.0656. The summed E-state index contributed by atoms with van der Waals surface area (Å²) in [5.41, 5.74) is 12.9. The van der Waals surface area contributed by atoms with Crippen LogP contribution in [0.15, 0.2) is 71.3 Å². The van der Waals surface area contributed by atoms with E-state index in [1.165, 1.54) is 0 Å². The number of aliphatic hydroxyl groups excluding tert-OH is 1. The van der Waals surface area contributed by atoms with Gasteiger partial charge in [0.2, 0.25) is 5.90 Å². The van der Waals surface area contributed by atoms with Crippen molar-refractivity contribution in [1.29, 1.82) is 0 Å². The molecule has 38 heavy (non-hydrogen) atoms. The van der Waals surface area contributed by atoms with Crippen LogP contribution in [0, 0.1) is 0 Å². The van der Waals surface area contributed by atoms with Gasteiger partial charge >= 0.3 is 0 Å². The lowest BCUT2D eigenvalue weighted by Gasteiger charge is -2.34. The van der Waals surface area contributed by atoms with E-state index >= 15 is 0 Å². The highest BCUT2D eigenvalue weighted by molar-refractivity contribution is 6.01. The Morgan fingerprint density at radius 2 is 2.03 bits per heavy atom. The van der Waals surface area contributed by atoms with Gasteiger partial charge in [0.15, 0.2) is 11.6 Å². The van der Waals surface area contributed by atoms with Crippen molar-refractivity contribution in [3.63, 3.8) is 0 Å². The lowest BCUT2D eigenvalue weighted by atomic mass is 9.83. The number of aliphatic hydroxyl groups is 1. The van der Waals surface area contributed by atoms with Gasteiger partial charge in [0, 0.05) is 43.0 Å². The van der Waals surface area contributed by atoms with Crippen LogP contribution in [0.3, 0.4) is 0 Å². The second kappa shape index (κ2) is 13.1. The summed E-state index contributed by atoms with van der Waals surface area (Å²) in [5, 5.41) is 14.7. The van der Waals surface area contributed by atoms with E-state index in [4.69, 9.17) is 25.1 Å². The minimum atomic E-state index is -1.31. The summed E-state index contributed by atoms with van der Waals surface area (Å²) in [6.07, 6.45) is 4.91. The number of piperidine rings is 1. The molecule has 0 unspecified atom stereocenters. The van der Waals surface area contributed by atoms with E-state index in [1.54, 1.807) is 6.08 Å². The zero-order valence-electron chi connectivity index (χ0n) is 21.5. The molecule has 2 heterocycles. The van der Waals surface area contributed by atoms with Crippen LogP contribution >= 0.6 is 0 Å². The summed E-state index contributed by atoms with van der Waals surface area (Å²) in [6, 6.07) is 14.8. The molecule has 4 rings (SSSR count). The number of amides is 1. The lowest BCUT2D eigenvalue weighted by molar-refractivity contribution is -0.134. The largest absolute Gasteiger partial charge is 0.494 e. The van der Waals surface area contributed by atoms with Crippen LogP contribution in [0.1, 0.15) is 54.9 Å². The molecular weight excluding hydrogens is 484 g/mol. The molecule has 2 aromatic rings. The van der Waals surface area contributed by atoms with Gasteiger partial charge in [-0.15, -0.1) is 6.58 Å². The quantitative estimate of drug-likeness (QED) is 0.139. The Hall–Kier alpha value is -3.85. The molecule has 1 fully saturated rings. The molecule has 0 spiro atoms. The maximum atomic E-state index is 14.0. The van der Waals surface area contributed by atoms with Gasteiger partial charge in [-0.3, -0.25) is 10.2 Å². The van der Waals surface area contributed by atoms with Gasteiger partial charge in [-0.1, -0.05) is 41.9 Å². The van der Waals surface area contributed by atoms with E-state index in [0.29, 0.717) is 30.2 Å². The van der Waals surface area contributed by atoms with Crippen molar-refractivity contribution in [3.8, 4) is 5.75 Å². The fourth-order valence-electron chi connectivity index (χ4n) is 4.80. The molecule has 2 aliphatic rings. The topological polar surface area (TPSA) is 132 Å². The van der Waals surface area contributed by atoms with Crippen LogP contribution in [0.4, 0.5) is 0 Å².